The lowest BCUT2D eigenvalue weighted by Gasteiger charge is -2.20. The van der Waals surface area contributed by atoms with Crippen molar-refractivity contribution < 1.29 is 14.3 Å². The number of nitrogens with one attached hydrogen (secondary N) is 2. The van der Waals surface area contributed by atoms with E-state index in [1.165, 1.54) is 0 Å². The van der Waals surface area contributed by atoms with Gasteiger partial charge in [-0.1, -0.05) is 0 Å². The average Bonchev–Trinajstić information content (AvgIpc) is 2.38. The first-order valence-electron chi connectivity index (χ1n) is 6.90. The van der Waals surface area contributed by atoms with E-state index in [-0.39, 0.29) is 6.04 Å². The summed E-state index contributed by atoms with van der Waals surface area (Å²) < 4.78 is 10.5. The van der Waals surface area contributed by atoms with Crippen LogP contribution in [-0.2, 0) is 4.74 Å². The summed E-state index contributed by atoms with van der Waals surface area (Å²) in [5.41, 5.74) is 6.46. The topological polar surface area (TPSA) is 85.6 Å². The van der Waals surface area contributed by atoms with Crippen molar-refractivity contribution in [3.8, 4) is 5.75 Å². The first kappa shape index (κ1) is 17.1. The summed E-state index contributed by atoms with van der Waals surface area (Å²) >= 11 is 0. The molecule has 0 saturated heterocycles. The number of amides is 1. The third-order valence-electron chi connectivity index (χ3n) is 2.60. The zero-order chi connectivity index (χ0) is 16.0. The Hall–Kier alpha value is -1.95. The molecule has 0 bridgehead atoms. The van der Waals surface area contributed by atoms with E-state index in [9.17, 15) is 4.79 Å². The van der Waals surface area contributed by atoms with E-state index in [4.69, 9.17) is 15.2 Å². The molecule has 6 heteroatoms. The molecule has 0 fully saturated rings. The zero-order valence-electron chi connectivity index (χ0n) is 13.3. The molecule has 1 unspecified atom stereocenters. The summed E-state index contributed by atoms with van der Waals surface area (Å²) in [6.07, 6.45) is -0.517. The first-order chi connectivity index (χ1) is 9.75. The normalized spacial score (nSPS) is 12.5. The Morgan fingerprint density at radius 3 is 2.57 bits per heavy atom. The molecule has 1 aromatic rings. The van der Waals surface area contributed by atoms with Crippen LogP contribution in [0, 0.1) is 0 Å². The summed E-state index contributed by atoms with van der Waals surface area (Å²) in [7, 11) is 1.55. The lowest BCUT2D eigenvalue weighted by Crippen LogP contribution is -2.27. The van der Waals surface area contributed by atoms with Gasteiger partial charge in [0.2, 0.25) is 0 Å². The molecule has 1 rings (SSSR count). The van der Waals surface area contributed by atoms with E-state index in [1.54, 1.807) is 19.2 Å². The molecule has 1 aromatic carbocycles. The summed E-state index contributed by atoms with van der Waals surface area (Å²) in [5, 5.41) is 5.91. The molecule has 1 amide bonds. The Kier molecular flexibility index (Phi) is 5.84. The molecule has 4 N–H and O–H groups in total. The number of carbonyl (C=O) groups excluding carboxylic acids is 1. The average molecular weight is 295 g/mol. The maximum atomic E-state index is 11.8. The van der Waals surface area contributed by atoms with E-state index in [0.29, 0.717) is 18.0 Å². The van der Waals surface area contributed by atoms with E-state index in [0.717, 1.165) is 5.69 Å². The SMILES string of the molecule is COc1cc(NC(C)CN)ccc1NC(=O)OC(C)(C)C. The quantitative estimate of drug-likeness (QED) is 0.777. The van der Waals surface area contributed by atoms with Gasteiger partial charge in [-0.05, 0) is 39.8 Å². The first-order valence-corrected chi connectivity index (χ1v) is 6.90. The Morgan fingerprint density at radius 2 is 2.05 bits per heavy atom. The molecule has 0 spiro atoms. The van der Waals surface area contributed by atoms with Gasteiger partial charge in [-0.3, -0.25) is 5.32 Å². The standard InChI is InChI=1S/C15H25N3O3/c1-10(9-16)17-11-6-7-12(13(8-11)20-5)18-14(19)21-15(2,3)4/h6-8,10,17H,9,16H2,1-5H3,(H,18,19). The fourth-order valence-corrected chi connectivity index (χ4v) is 1.64. The summed E-state index contributed by atoms with van der Waals surface area (Å²) in [6, 6.07) is 5.56. The van der Waals surface area contributed by atoms with Crippen LogP contribution in [0.15, 0.2) is 18.2 Å². The van der Waals surface area contributed by atoms with Gasteiger partial charge < -0.3 is 20.5 Å². The molecule has 0 aliphatic carbocycles. The second-order valence-corrected chi connectivity index (χ2v) is 5.82. The molecule has 6 nitrogen and oxygen atoms in total. The van der Waals surface area contributed by atoms with Crippen LogP contribution < -0.4 is 21.1 Å². The zero-order valence-corrected chi connectivity index (χ0v) is 13.3. The van der Waals surface area contributed by atoms with Gasteiger partial charge in [-0.25, -0.2) is 4.79 Å². The van der Waals surface area contributed by atoms with Crippen LogP contribution in [0.3, 0.4) is 0 Å². The highest BCUT2D eigenvalue weighted by Crippen LogP contribution is 2.28. The monoisotopic (exact) mass is 295 g/mol. The third-order valence-corrected chi connectivity index (χ3v) is 2.60. The van der Waals surface area contributed by atoms with Gasteiger partial charge in [0.05, 0.1) is 12.8 Å². The lowest BCUT2D eigenvalue weighted by molar-refractivity contribution is 0.0635. The highest BCUT2D eigenvalue weighted by molar-refractivity contribution is 5.87. The highest BCUT2D eigenvalue weighted by Gasteiger charge is 2.17. The van der Waals surface area contributed by atoms with E-state index < -0.39 is 11.7 Å². The fourth-order valence-electron chi connectivity index (χ4n) is 1.64. The number of anilines is 2. The number of hydrogen-bond acceptors (Lipinski definition) is 5. The Labute approximate surface area is 126 Å². The smallest absolute Gasteiger partial charge is 0.412 e. The molecule has 0 saturated carbocycles. The molecule has 0 aliphatic heterocycles. The van der Waals surface area contributed by atoms with Crippen molar-refractivity contribution in [1.82, 2.24) is 0 Å². The number of carbonyl (C=O) groups is 1. The summed E-state index contributed by atoms with van der Waals surface area (Å²) in [5.74, 6) is 0.551. The van der Waals surface area contributed by atoms with Gasteiger partial charge in [0.25, 0.3) is 0 Å². The van der Waals surface area contributed by atoms with Crippen LogP contribution in [-0.4, -0.2) is 31.4 Å². The number of rotatable bonds is 5. The van der Waals surface area contributed by atoms with E-state index in [1.807, 2.05) is 33.8 Å². The molecular formula is C15H25N3O3. The minimum Gasteiger partial charge on any atom is -0.494 e. The van der Waals surface area contributed by atoms with E-state index in [2.05, 4.69) is 10.6 Å². The van der Waals surface area contributed by atoms with Crippen LogP contribution in [0.1, 0.15) is 27.7 Å². The number of benzene rings is 1. The predicted molar refractivity (Wildman–Crippen MR) is 85.0 cm³/mol. The van der Waals surface area contributed by atoms with Crippen molar-refractivity contribution in [1.29, 1.82) is 0 Å². The Morgan fingerprint density at radius 1 is 1.38 bits per heavy atom. The molecular weight excluding hydrogens is 270 g/mol. The Bertz CT molecular complexity index is 484. The van der Waals surface area contributed by atoms with Crippen LogP contribution >= 0.6 is 0 Å². The lowest BCUT2D eigenvalue weighted by atomic mass is 10.2. The molecule has 118 valence electrons. The number of nitrogens with two attached hydrogens (primary N) is 1. The Balaban J connectivity index is 2.81. The van der Waals surface area contributed by atoms with Crippen LogP contribution in [0.5, 0.6) is 5.75 Å². The molecule has 0 heterocycles. The second-order valence-electron chi connectivity index (χ2n) is 5.82. The highest BCUT2D eigenvalue weighted by atomic mass is 16.6. The van der Waals surface area contributed by atoms with Crippen LogP contribution in [0.4, 0.5) is 16.2 Å². The molecule has 0 aliphatic rings. The van der Waals surface area contributed by atoms with Crippen LogP contribution in [0.25, 0.3) is 0 Å². The number of ether oxygens (including phenoxy) is 2. The van der Waals surface area contributed by atoms with Gasteiger partial charge >= 0.3 is 6.09 Å². The van der Waals surface area contributed by atoms with Gasteiger partial charge in [0, 0.05) is 24.3 Å². The minimum absolute atomic E-state index is 0.152. The summed E-state index contributed by atoms with van der Waals surface area (Å²) in [6.45, 7) is 7.95. The third kappa shape index (κ3) is 5.91. The molecule has 21 heavy (non-hydrogen) atoms. The van der Waals surface area contributed by atoms with E-state index >= 15 is 0 Å². The molecule has 1 atom stereocenters. The second kappa shape index (κ2) is 7.17. The van der Waals surface area contributed by atoms with Crippen LogP contribution in [0.2, 0.25) is 0 Å². The van der Waals surface area contributed by atoms with Gasteiger partial charge in [0.15, 0.2) is 0 Å². The van der Waals surface area contributed by atoms with Gasteiger partial charge in [-0.2, -0.15) is 0 Å². The summed E-state index contributed by atoms with van der Waals surface area (Å²) in [4.78, 5) is 11.8. The van der Waals surface area contributed by atoms with Crippen molar-refractivity contribution in [3.05, 3.63) is 18.2 Å². The molecule has 0 radical (unpaired) electrons. The fraction of sp³-hybridized carbons (Fsp3) is 0.533. The molecule has 0 aromatic heterocycles. The van der Waals surface area contributed by atoms with Crippen molar-refractivity contribution >= 4 is 17.5 Å². The van der Waals surface area contributed by atoms with Crippen molar-refractivity contribution in [2.75, 3.05) is 24.3 Å². The minimum atomic E-state index is -0.546. The number of hydrogen-bond donors (Lipinski definition) is 3. The van der Waals surface area contributed by atoms with Crippen molar-refractivity contribution in [2.24, 2.45) is 5.73 Å². The van der Waals surface area contributed by atoms with Gasteiger partial charge in [-0.15, -0.1) is 0 Å². The predicted octanol–water partition coefficient (Wildman–Crippen LogP) is 2.80. The van der Waals surface area contributed by atoms with Crippen molar-refractivity contribution in [3.63, 3.8) is 0 Å². The van der Waals surface area contributed by atoms with Crippen molar-refractivity contribution in [2.45, 2.75) is 39.3 Å². The maximum absolute atomic E-state index is 11.8. The number of methoxy groups -OCH3 is 1. The largest absolute Gasteiger partial charge is 0.494 e. The van der Waals surface area contributed by atoms with Gasteiger partial charge in [0.1, 0.15) is 11.4 Å². The maximum Gasteiger partial charge on any atom is 0.412 e.